The molecule has 3 heteroatoms. The first-order chi connectivity index (χ1) is 10.6. The van der Waals surface area contributed by atoms with Gasteiger partial charge >= 0.3 is 0 Å². The van der Waals surface area contributed by atoms with Crippen molar-refractivity contribution in [1.29, 1.82) is 0 Å². The number of hydrogen-bond donors (Lipinski definition) is 1. The van der Waals surface area contributed by atoms with E-state index in [9.17, 15) is 5.11 Å². The molecule has 2 atom stereocenters. The Bertz CT molecular complexity index is 626. The van der Waals surface area contributed by atoms with E-state index in [-0.39, 0.29) is 5.92 Å². The van der Waals surface area contributed by atoms with E-state index >= 15 is 0 Å². The molecule has 3 rings (SSSR count). The Morgan fingerprint density at radius 1 is 1.18 bits per heavy atom. The van der Waals surface area contributed by atoms with Crippen molar-refractivity contribution in [2.45, 2.75) is 24.9 Å². The molecule has 0 saturated heterocycles. The Balaban J connectivity index is 1.91. The van der Waals surface area contributed by atoms with Crippen LogP contribution in [0.3, 0.4) is 0 Å². The zero-order chi connectivity index (χ0) is 15.6. The second kappa shape index (κ2) is 6.19. The lowest BCUT2D eigenvalue weighted by atomic mass is 9.81. The summed E-state index contributed by atoms with van der Waals surface area (Å²) in [5, 5.41) is 11.5. The molecule has 1 aromatic carbocycles. The van der Waals surface area contributed by atoms with Gasteiger partial charge in [0.2, 0.25) is 0 Å². The van der Waals surface area contributed by atoms with Crippen molar-refractivity contribution in [3.63, 3.8) is 0 Å². The van der Waals surface area contributed by atoms with Crippen LogP contribution in [0.2, 0.25) is 0 Å². The van der Waals surface area contributed by atoms with Crippen molar-refractivity contribution < 1.29 is 5.11 Å². The molecule has 2 aromatic rings. The first-order valence-electron chi connectivity index (χ1n) is 7.95. The van der Waals surface area contributed by atoms with Gasteiger partial charge < -0.3 is 10.0 Å². The predicted molar refractivity (Wildman–Crippen MR) is 88.6 cm³/mol. The van der Waals surface area contributed by atoms with Crippen LogP contribution in [0.1, 0.15) is 23.2 Å². The predicted octanol–water partition coefficient (Wildman–Crippen LogP) is 2.64. The van der Waals surface area contributed by atoms with Crippen LogP contribution in [-0.2, 0) is 18.4 Å². The van der Waals surface area contributed by atoms with E-state index in [1.54, 1.807) is 6.20 Å². The maximum atomic E-state index is 11.5. The minimum atomic E-state index is -0.805. The molecular formula is C19H24N2O. The summed E-state index contributed by atoms with van der Waals surface area (Å²) in [5.74, 6) is 0.245. The number of rotatable bonds is 5. The number of pyridine rings is 1. The molecule has 0 aliphatic heterocycles. The average Bonchev–Trinajstić information content (AvgIpc) is 2.79. The largest absolute Gasteiger partial charge is 0.384 e. The van der Waals surface area contributed by atoms with Gasteiger partial charge in [0.1, 0.15) is 0 Å². The monoisotopic (exact) mass is 296 g/mol. The van der Waals surface area contributed by atoms with E-state index in [4.69, 9.17) is 0 Å². The molecule has 22 heavy (non-hydrogen) atoms. The van der Waals surface area contributed by atoms with Crippen molar-refractivity contribution >= 4 is 0 Å². The molecule has 1 heterocycles. The number of aliphatic hydroxyl groups is 1. The van der Waals surface area contributed by atoms with Crippen molar-refractivity contribution in [3.05, 3.63) is 65.5 Å². The van der Waals surface area contributed by atoms with E-state index in [1.165, 1.54) is 5.56 Å². The normalized spacial score (nSPS) is 23.7. The Labute approximate surface area is 132 Å². The summed E-state index contributed by atoms with van der Waals surface area (Å²) in [6.07, 6.45) is 4.33. The van der Waals surface area contributed by atoms with Gasteiger partial charge in [0.25, 0.3) is 0 Å². The maximum Gasteiger partial charge on any atom is 0.0986 e. The minimum absolute atomic E-state index is 0.245. The lowest BCUT2D eigenvalue weighted by Gasteiger charge is -2.32. The van der Waals surface area contributed by atoms with Crippen molar-refractivity contribution in [2.75, 3.05) is 20.6 Å². The van der Waals surface area contributed by atoms with Gasteiger partial charge in [-0.15, -0.1) is 0 Å². The summed E-state index contributed by atoms with van der Waals surface area (Å²) in [5.41, 5.74) is 2.52. The summed E-state index contributed by atoms with van der Waals surface area (Å²) in [6, 6.07) is 14.2. The van der Waals surface area contributed by atoms with Gasteiger partial charge in [-0.05, 0) is 62.7 Å². The second-order valence-corrected chi connectivity index (χ2v) is 6.57. The molecule has 1 aromatic heterocycles. The third kappa shape index (κ3) is 2.92. The van der Waals surface area contributed by atoms with Crippen LogP contribution in [0, 0.1) is 5.92 Å². The van der Waals surface area contributed by atoms with Crippen LogP contribution in [0.15, 0.2) is 48.7 Å². The summed E-state index contributed by atoms with van der Waals surface area (Å²) in [4.78, 5) is 6.60. The Morgan fingerprint density at radius 3 is 2.68 bits per heavy atom. The van der Waals surface area contributed by atoms with Crippen molar-refractivity contribution in [2.24, 2.45) is 5.92 Å². The second-order valence-electron chi connectivity index (χ2n) is 6.57. The van der Waals surface area contributed by atoms with Crippen LogP contribution in [0.5, 0.6) is 0 Å². The van der Waals surface area contributed by atoms with Gasteiger partial charge in [0.05, 0.1) is 5.60 Å². The van der Waals surface area contributed by atoms with Gasteiger partial charge in [-0.25, -0.2) is 0 Å². The molecule has 0 amide bonds. The first-order valence-corrected chi connectivity index (χ1v) is 7.95. The van der Waals surface area contributed by atoms with E-state index in [0.717, 1.165) is 30.6 Å². The molecule has 0 fully saturated rings. The van der Waals surface area contributed by atoms with E-state index in [1.807, 2.05) is 24.3 Å². The number of hydrogen-bond acceptors (Lipinski definition) is 3. The summed E-state index contributed by atoms with van der Waals surface area (Å²) in [7, 11) is 4.17. The highest BCUT2D eigenvalue weighted by atomic mass is 16.3. The summed E-state index contributed by atoms with van der Waals surface area (Å²) >= 11 is 0. The van der Waals surface area contributed by atoms with E-state index in [0.29, 0.717) is 6.42 Å². The van der Waals surface area contributed by atoms with Gasteiger partial charge in [-0.3, -0.25) is 4.98 Å². The Hall–Kier alpha value is -1.71. The average molecular weight is 296 g/mol. The smallest absolute Gasteiger partial charge is 0.0986 e. The summed E-state index contributed by atoms with van der Waals surface area (Å²) < 4.78 is 0. The number of benzene rings is 1. The van der Waals surface area contributed by atoms with Gasteiger partial charge in [-0.1, -0.05) is 30.3 Å². The topological polar surface area (TPSA) is 36.4 Å². The number of fused-ring (bicyclic) bond motifs is 1. The van der Waals surface area contributed by atoms with Crippen LogP contribution >= 0.6 is 0 Å². The molecule has 1 aliphatic rings. The Morgan fingerprint density at radius 2 is 1.95 bits per heavy atom. The summed E-state index contributed by atoms with van der Waals surface area (Å²) in [6.45, 7) is 0.989. The molecule has 0 radical (unpaired) electrons. The number of nitrogens with zero attached hydrogens (tertiary/aromatic N) is 2. The molecule has 0 saturated carbocycles. The quantitative estimate of drug-likeness (QED) is 0.921. The highest BCUT2D eigenvalue weighted by Crippen LogP contribution is 2.45. The molecular weight excluding hydrogens is 272 g/mol. The minimum Gasteiger partial charge on any atom is -0.384 e. The molecule has 0 spiro atoms. The lowest BCUT2D eigenvalue weighted by Crippen LogP contribution is -2.36. The lowest BCUT2D eigenvalue weighted by molar-refractivity contribution is -0.0173. The Kier molecular flexibility index (Phi) is 4.27. The molecule has 3 nitrogen and oxygen atoms in total. The van der Waals surface area contributed by atoms with Crippen molar-refractivity contribution in [3.8, 4) is 0 Å². The first kappa shape index (κ1) is 15.2. The highest BCUT2D eigenvalue weighted by Gasteiger charge is 2.45. The fourth-order valence-electron chi connectivity index (χ4n) is 3.55. The highest BCUT2D eigenvalue weighted by molar-refractivity contribution is 5.39. The van der Waals surface area contributed by atoms with Gasteiger partial charge in [0.15, 0.2) is 0 Å². The zero-order valence-electron chi connectivity index (χ0n) is 13.4. The van der Waals surface area contributed by atoms with Gasteiger partial charge in [-0.2, -0.15) is 0 Å². The van der Waals surface area contributed by atoms with E-state index < -0.39 is 5.60 Å². The third-order valence-electron chi connectivity index (χ3n) is 4.73. The maximum absolute atomic E-state index is 11.5. The fraction of sp³-hybridized carbons (Fsp3) is 0.421. The van der Waals surface area contributed by atoms with E-state index in [2.05, 4.69) is 42.2 Å². The van der Waals surface area contributed by atoms with Crippen LogP contribution in [-0.4, -0.2) is 35.6 Å². The fourth-order valence-corrected chi connectivity index (χ4v) is 3.55. The molecule has 2 unspecified atom stereocenters. The van der Waals surface area contributed by atoms with Crippen molar-refractivity contribution in [1.82, 2.24) is 9.88 Å². The molecule has 1 aliphatic carbocycles. The third-order valence-corrected chi connectivity index (χ3v) is 4.73. The van der Waals surface area contributed by atoms with Crippen LogP contribution in [0.4, 0.5) is 0 Å². The van der Waals surface area contributed by atoms with Gasteiger partial charge in [0, 0.05) is 18.3 Å². The SMILES string of the molecule is CN(C)CCC1Cc2ccccc2C1(O)Cc1ccccn1. The molecule has 1 N–H and O–H groups in total. The van der Waals surface area contributed by atoms with Crippen LogP contribution in [0.25, 0.3) is 0 Å². The van der Waals surface area contributed by atoms with Crippen LogP contribution < -0.4 is 0 Å². The number of aromatic nitrogens is 1. The molecule has 0 bridgehead atoms. The molecule has 116 valence electrons. The zero-order valence-corrected chi connectivity index (χ0v) is 13.4. The standard InChI is InChI=1S/C19H24N2O/c1-21(2)12-10-16-13-15-7-3-4-9-18(15)19(16,22)14-17-8-5-6-11-20-17/h3-9,11,16,22H,10,12-14H2,1-2H3.